The molecule has 1 aliphatic heterocycles. The molecule has 0 bridgehead atoms. The average molecular weight is 341 g/mol. The van der Waals surface area contributed by atoms with Gasteiger partial charge in [0.25, 0.3) is 0 Å². The molecule has 0 unspecified atom stereocenters. The number of rotatable bonds is 4. The molecule has 4 nitrogen and oxygen atoms in total. The van der Waals surface area contributed by atoms with Crippen molar-refractivity contribution in [1.82, 2.24) is 4.90 Å². The van der Waals surface area contributed by atoms with Gasteiger partial charge in [0.2, 0.25) is 5.91 Å². The van der Waals surface area contributed by atoms with Gasteiger partial charge in [-0.2, -0.15) is 0 Å². The highest BCUT2D eigenvalue weighted by Crippen LogP contribution is 2.22. The highest BCUT2D eigenvalue weighted by Gasteiger charge is 2.28. The summed E-state index contributed by atoms with van der Waals surface area (Å²) < 4.78 is 13.4. The molecule has 3 rings (SSSR count). The van der Waals surface area contributed by atoms with E-state index in [1.165, 1.54) is 18.2 Å². The Balaban J connectivity index is 1.65. The van der Waals surface area contributed by atoms with E-state index in [0.717, 1.165) is 12.8 Å². The molecule has 1 amide bonds. The maximum absolute atomic E-state index is 13.4. The van der Waals surface area contributed by atoms with Crippen LogP contribution in [0.4, 0.5) is 4.39 Å². The van der Waals surface area contributed by atoms with E-state index < -0.39 is 11.6 Å². The molecule has 1 fully saturated rings. The van der Waals surface area contributed by atoms with Gasteiger partial charge >= 0.3 is 0 Å². The van der Waals surface area contributed by atoms with Gasteiger partial charge in [0.05, 0.1) is 6.42 Å². The topological polar surface area (TPSA) is 57.6 Å². The van der Waals surface area contributed by atoms with Crippen LogP contribution in [0.3, 0.4) is 0 Å². The zero-order chi connectivity index (χ0) is 17.8. The number of hydrogen-bond donors (Lipinski definition) is 1. The lowest BCUT2D eigenvalue weighted by Crippen LogP contribution is -2.43. The molecular formula is C20H20FNO3. The number of piperidine rings is 1. The molecule has 0 aromatic heterocycles. The molecule has 1 aliphatic rings. The first-order valence-electron chi connectivity index (χ1n) is 8.39. The predicted molar refractivity (Wildman–Crippen MR) is 91.8 cm³/mol. The van der Waals surface area contributed by atoms with E-state index in [9.17, 15) is 19.1 Å². The lowest BCUT2D eigenvalue weighted by Gasteiger charge is -2.32. The number of halogens is 1. The number of aromatic hydroxyl groups is 1. The quantitative estimate of drug-likeness (QED) is 0.869. The lowest BCUT2D eigenvalue weighted by molar-refractivity contribution is -0.131. The maximum atomic E-state index is 13.4. The van der Waals surface area contributed by atoms with Crippen molar-refractivity contribution in [3.63, 3.8) is 0 Å². The number of amides is 1. The molecule has 1 atom stereocenters. The first-order chi connectivity index (χ1) is 12.0. The summed E-state index contributed by atoms with van der Waals surface area (Å²) in [5, 5.41) is 9.22. The Morgan fingerprint density at radius 1 is 1.16 bits per heavy atom. The van der Waals surface area contributed by atoms with Crippen molar-refractivity contribution in [1.29, 1.82) is 0 Å². The van der Waals surface area contributed by atoms with Gasteiger partial charge in [0.1, 0.15) is 0 Å². The van der Waals surface area contributed by atoms with E-state index in [0.29, 0.717) is 24.2 Å². The second kappa shape index (κ2) is 7.47. The van der Waals surface area contributed by atoms with Gasteiger partial charge < -0.3 is 10.0 Å². The number of Topliss-reactive ketones (excluding diaryl/α,β-unsaturated/α-hetero) is 1. The number of phenolic OH excluding ortho intramolecular Hbond substituents is 1. The first-order valence-corrected chi connectivity index (χ1v) is 8.39. The maximum Gasteiger partial charge on any atom is 0.227 e. The summed E-state index contributed by atoms with van der Waals surface area (Å²) in [6.07, 6.45) is 1.60. The van der Waals surface area contributed by atoms with Crippen LogP contribution in [0.25, 0.3) is 0 Å². The minimum Gasteiger partial charge on any atom is -0.505 e. The second-order valence-electron chi connectivity index (χ2n) is 6.37. The fraction of sp³-hybridized carbons (Fsp3) is 0.300. The second-order valence-corrected chi connectivity index (χ2v) is 6.37. The van der Waals surface area contributed by atoms with Crippen molar-refractivity contribution in [3.8, 4) is 5.75 Å². The number of phenols is 1. The van der Waals surface area contributed by atoms with Crippen molar-refractivity contribution < 1.29 is 19.1 Å². The van der Waals surface area contributed by atoms with Gasteiger partial charge in [-0.3, -0.25) is 9.59 Å². The van der Waals surface area contributed by atoms with Crippen LogP contribution in [0.1, 0.15) is 28.8 Å². The van der Waals surface area contributed by atoms with Gasteiger partial charge in [-0.25, -0.2) is 4.39 Å². The molecule has 1 saturated heterocycles. The predicted octanol–water partition coefficient (Wildman–Crippen LogP) is 3.20. The number of carbonyl (C=O) groups is 2. The minimum atomic E-state index is -0.735. The van der Waals surface area contributed by atoms with Crippen molar-refractivity contribution in [2.75, 3.05) is 13.1 Å². The molecule has 1 N–H and O–H groups in total. The first kappa shape index (κ1) is 17.1. The Kier molecular flexibility index (Phi) is 5.12. The van der Waals surface area contributed by atoms with E-state index >= 15 is 0 Å². The van der Waals surface area contributed by atoms with Crippen LogP contribution in [-0.4, -0.2) is 34.8 Å². The standard InChI is InChI=1S/C20H20FNO3/c21-17-11-14(8-9-18(17)23)12-19(24)22-10-4-7-16(13-22)20(25)15-5-2-1-3-6-15/h1-3,5-6,8-9,11,16,23H,4,7,10,12-13H2/t16-/m1/s1. The molecular weight excluding hydrogens is 321 g/mol. The van der Waals surface area contributed by atoms with E-state index in [2.05, 4.69) is 0 Å². The molecule has 0 aliphatic carbocycles. The third kappa shape index (κ3) is 4.05. The van der Waals surface area contributed by atoms with Crippen LogP contribution in [0.5, 0.6) is 5.75 Å². The van der Waals surface area contributed by atoms with Gasteiger partial charge in [-0.15, -0.1) is 0 Å². The number of hydrogen-bond acceptors (Lipinski definition) is 3. The molecule has 1 heterocycles. The summed E-state index contributed by atoms with van der Waals surface area (Å²) in [6, 6.07) is 13.1. The van der Waals surface area contributed by atoms with Gasteiger partial charge in [0, 0.05) is 24.6 Å². The molecule has 25 heavy (non-hydrogen) atoms. The molecule has 130 valence electrons. The molecule has 2 aromatic carbocycles. The Bertz CT molecular complexity index is 776. The monoisotopic (exact) mass is 341 g/mol. The van der Waals surface area contributed by atoms with Crippen LogP contribution in [0.15, 0.2) is 48.5 Å². The van der Waals surface area contributed by atoms with Crippen LogP contribution in [-0.2, 0) is 11.2 Å². The van der Waals surface area contributed by atoms with E-state index in [1.807, 2.05) is 18.2 Å². The summed E-state index contributed by atoms with van der Waals surface area (Å²) in [6.45, 7) is 1.01. The fourth-order valence-electron chi connectivity index (χ4n) is 3.20. The van der Waals surface area contributed by atoms with Crippen molar-refractivity contribution >= 4 is 11.7 Å². The van der Waals surface area contributed by atoms with Crippen LogP contribution in [0, 0.1) is 11.7 Å². The SMILES string of the molecule is O=C(c1ccccc1)[C@@H]1CCCN(C(=O)Cc2ccc(O)c(F)c2)C1. The smallest absolute Gasteiger partial charge is 0.227 e. The minimum absolute atomic E-state index is 0.0590. The number of likely N-dealkylation sites (tertiary alicyclic amines) is 1. The van der Waals surface area contributed by atoms with Crippen molar-refractivity contribution in [3.05, 3.63) is 65.5 Å². The van der Waals surface area contributed by atoms with E-state index in [1.54, 1.807) is 17.0 Å². The summed E-state index contributed by atoms with van der Waals surface area (Å²) in [7, 11) is 0. The van der Waals surface area contributed by atoms with Crippen molar-refractivity contribution in [2.24, 2.45) is 5.92 Å². The Morgan fingerprint density at radius 2 is 1.92 bits per heavy atom. The number of benzene rings is 2. The molecule has 5 heteroatoms. The van der Waals surface area contributed by atoms with Crippen LogP contribution >= 0.6 is 0 Å². The largest absolute Gasteiger partial charge is 0.505 e. The van der Waals surface area contributed by atoms with Crippen molar-refractivity contribution in [2.45, 2.75) is 19.3 Å². The Labute approximate surface area is 145 Å². The Morgan fingerprint density at radius 3 is 2.64 bits per heavy atom. The van der Waals surface area contributed by atoms with Gasteiger partial charge in [-0.05, 0) is 30.5 Å². The normalized spacial score (nSPS) is 17.3. The zero-order valence-electron chi connectivity index (χ0n) is 13.8. The number of nitrogens with zero attached hydrogens (tertiary/aromatic N) is 1. The summed E-state index contributed by atoms with van der Waals surface area (Å²) in [5.41, 5.74) is 1.18. The number of carbonyl (C=O) groups excluding carboxylic acids is 2. The highest BCUT2D eigenvalue weighted by molar-refractivity contribution is 5.98. The van der Waals surface area contributed by atoms with Crippen LogP contribution in [0.2, 0.25) is 0 Å². The third-order valence-electron chi connectivity index (χ3n) is 4.57. The molecule has 0 saturated carbocycles. The van der Waals surface area contributed by atoms with E-state index in [4.69, 9.17) is 0 Å². The van der Waals surface area contributed by atoms with Gasteiger partial charge in [0.15, 0.2) is 17.3 Å². The summed E-state index contributed by atoms with van der Waals surface area (Å²) in [5.74, 6) is -1.43. The van der Waals surface area contributed by atoms with Gasteiger partial charge in [-0.1, -0.05) is 36.4 Å². The Hall–Kier alpha value is -2.69. The molecule has 0 spiro atoms. The lowest BCUT2D eigenvalue weighted by atomic mass is 9.90. The molecule has 2 aromatic rings. The third-order valence-corrected chi connectivity index (χ3v) is 4.57. The fourth-order valence-corrected chi connectivity index (χ4v) is 3.20. The van der Waals surface area contributed by atoms with E-state index in [-0.39, 0.29) is 24.0 Å². The summed E-state index contributed by atoms with van der Waals surface area (Å²) in [4.78, 5) is 26.8. The number of ketones is 1. The van der Waals surface area contributed by atoms with Crippen LogP contribution < -0.4 is 0 Å². The average Bonchev–Trinajstić information content (AvgIpc) is 2.65. The summed E-state index contributed by atoms with van der Waals surface area (Å²) >= 11 is 0. The molecule has 0 radical (unpaired) electrons. The zero-order valence-corrected chi connectivity index (χ0v) is 13.8. The highest BCUT2D eigenvalue weighted by atomic mass is 19.1.